The minimum absolute atomic E-state index is 0.0575. The number of nitrogens with zero attached hydrogens (tertiary/aromatic N) is 2. The second-order valence-electron chi connectivity index (χ2n) is 5.16. The molecule has 0 atom stereocenters. The van der Waals surface area contributed by atoms with Crippen LogP contribution in [0, 0.1) is 15.5 Å². The van der Waals surface area contributed by atoms with Crippen molar-refractivity contribution in [2.45, 2.75) is 12.8 Å². The van der Waals surface area contributed by atoms with Crippen LogP contribution in [0.3, 0.4) is 0 Å². The zero-order valence-electron chi connectivity index (χ0n) is 10.7. The smallest absolute Gasteiger partial charge is 0.279 e. The lowest BCUT2D eigenvalue weighted by Crippen LogP contribution is -2.14. The molecule has 0 radical (unpaired) electrons. The molecule has 1 aliphatic rings. The molecule has 6 heteroatoms. The third-order valence-corrected chi connectivity index (χ3v) is 4.87. The summed E-state index contributed by atoms with van der Waals surface area (Å²) in [5, 5.41) is 12.5. The average Bonchev–Trinajstić information content (AvgIpc) is 3.25. The van der Waals surface area contributed by atoms with Crippen LogP contribution < -0.4 is 4.74 Å². The third-order valence-electron chi connectivity index (χ3n) is 3.68. The highest BCUT2D eigenvalue weighted by molar-refractivity contribution is 9.09. The van der Waals surface area contributed by atoms with E-state index in [1.54, 1.807) is 24.4 Å². The second kappa shape index (κ2) is 5.01. The number of nitro benzene ring substituents is 1. The highest BCUT2D eigenvalue weighted by atomic mass is 79.9. The minimum Gasteiger partial charge on any atom is -0.491 e. The quantitative estimate of drug-likeness (QED) is 0.474. The Kier molecular flexibility index (Phi) is 3.33. The summed E-state index contributed by atoms with van der Waals surface area (Å²) in [6.07, 6.45) is 3.92. The molecule has 0 aliphatic heterocycles. The number of fused-ring (bicyclic) bond motifs is 1. The van der Waals surface area contributed by atoms with Crippen molar-refractivity contribution in [2.24, 2.45) is 5.41 Å². The number of hydrogen-bond acceptors (Lipinski definition) is 4. The topological polar surface area (TPSA) is 65.3 Å². The number of nitro groups is 1. The van der Waals surface area contributed by atoms with Crippen LogP contribution in [0.5, 0.6) is 5.75 Å². The number of pyridine rings is 1. The van der Waals surface area contributed by atoms with Crippen LogP contribution in [0.25, 0.3) is 10.9 Å². The van der Waals surface area contributed by atoms with Crippen LogP contribution in [-0.4, -0.2) is 21.8 Å². The zero-order chi connectivity index (χ0) is 14.2. The van der Waals surface area contributed by atoms with Gasteiger partial charge in [0.25, 0.3) is 5.69 Å². The molecule has 0 spiro atoms. The zero-order valence-corrected chi connectivity index (χ0v) is 12.3. The highest BCUT2D eigenvalue weighted by Crippen LogP contribution is 2.47. The molecule has 1 aliphatic carbocycles. The monoisotopic (exact) mass is 336 g/mol. The Hall–Kier alpha value is -1.69. The maximum atomic E-state index is 11.0. The van der Waals surface area contributed by atoms with E-state index in [-0.39, 0.29) is 11.1 Å². The van der Waals surface area contributed by atoms with Gasteiger partial charge in [-0.25, -0.2) is 0 Å². The molecule has 5 nitrogen and oxygen atoms in total. The molecule has 0 amide bonds. The summed E-state index contributed by atoms with van der Waals surface area (Å²) >= 11 is 3.50. The van der Waals surface area contributed by atoms with E-state index in [0.717, 1.165) is 18.2 Å². The fraction of sp³-hybridized carbons (Fsp3) is 0.357. The normalized spacial score (nSPS) is 16.1. The van der Waals surface area contributed by atoms with Crippen molar-refractivity contribution in [1.82, 2.24) is 4.98 Å². The largest absolute Gasteiger partial charge is 0.491 e. The Balaban J connectivity index is 1.96. The van der Waals surface area contributed by atoms with Gasteiger partial charge in [-0.3, -0.25) is 15.1 Å². The molecule has 1 aromatic heterocycles. The Morgan fingerprint density at radius 2 is 2.20 bits per heavy atom. The van der Waals surface area contributed by atoms with Crippen molar-refractivity contribution in [3.8, 4) is 5.75 Å². The van der Waals surface area contributed by atoms with Crippen LogP contribution in [0.15, 0.2) is 30.5 Å². The van der Waals surface area contributed by atoms with E-state index in [2.05, 4.69) is 20.9 Å². The van der Waals surface area contributed by atoms with E-state index in [1.165, 1.54) is 6.07 Å². The van der Waals surface area contributed by atoms with Crippen molar-refractivity contribution in [2.75, 3.05) is 11.9 Å². The van der Waals surface area contributed by atoms with Crippen LogP contribution in [0.2, 0.25) is 0 Å². The Morgan fingerprint density at radius 3 is 2.85 bits per heavy atom. The first-order valence-corrected chi connectivity index (χ1v) is 7.48. The molecule has 0 saturated heterocycles. The van der Waals surface area contributed by atoms with Gasteiger partial charge in [0.1, 0.15) is 11.3 Å². The molecular weight excluding hydrogens is 324 g/mol. The molecule has 1 fully saturated rings. The third kappa shape index (κ3) is 2.35. The summed E-state index contributed by atoms with van der Waals surface area (Å²) in [5.74, 6) is 0.610. The number of rotatable bonds is 5. The van der Waals surface area contributed by atoms with E-state index in [9.17, 15) is 10.1 Å². The number of alkyl halides is 1. The van der Waals surface area contributed by atoms with Gasteiger partial charge in [-0.15, -0.1) is 0 Å². The Labute approximate surface area is 124 Å². The second-order valence-corrected chi connectivity index (χ2v) is 5.72. The molecule has 104 valence electrons. The fourth-order valence-electron chi connectivity index (χ4n) is 2.13. The molecule has 0 bridgehead atoms. The molecule has 1 heterocycles. The van der Waals surface area contributed by atoms with Gasteiger partial charge in [0, 0.05) is 23.0 Å². The van der Waals surface area contributed by atoms with Gasteiger partial charge in [-0.05, 0) is 31.0 Å². The van der Waals surface area contributed by atoms with Crippen molar-refractivity contribution in [3.05, 3.63) is 40.6 Å². The van der Waals surface area contributed by atoms with Gasteiger partial charge < -0.3 is 4.74 Å². The first kappa shape index (κ1) is 13.3. The summed E-state index contributed by atoms with van der Waals surface area (Å²) in [6, 6.07) is 6.51. The molecule has 0 N–H and O–H groups in total. The Bertz CT molecular complexity index is 671. The van der Waals surface area contributed by atoms with E-state index in [1.807, 2.05) is 0 Å². The van der Waals surface area contributed by atoms with Crippen molar-refractivity contribution in [1.29, 1.82) is 0 Å². The predicted octanol–water partition coefficient (Wildman–Crippen LogP) is 3.70. The van der Waals surface area contributed by atoms with Gasteiger partial charge in [0.2, 0.25) is 0 Å². The first-order valence-electron chi connectivity index (χ1n) is 6.36. The van der Waals surface area contributed by atoms with Crippen LogP contribution >= 0.6 is 15.9 Å². The SMILES string of the molecule is O=[N+]([O-])c1ccc(OCC2(CBr)CC2)c2ncccc12. The summed E-state index contributed by atoms with van der Waals surface area (Å²) < 4.78 is 5.86. The molecule has 3 rings (SSSR count). The predicted molar refractivity (Wildman–Crippen MR) is 79.4 cm³/mol. The van der Waals surface area contributed by atoms with Gasteiger partial charge in [-0.1, -0.05) is 15.9 Å². The van der Waals surface area contributed by atoms with E-state index < -0.39 is 4.92 Å². The number of halogens is 1. The van der Waals surface area contributed by atoms with E-state index >= 15 is 0 Å². The van der Waals surface area contributed by atoms with Crippen LogP contribution in [0.1, 0.15) is 12.8 Å². The molecule has 20 heavy (non-hydrogen) atoms. The molecular formula is C14H13BrN2O3. The number of aromatic nitrogens is 1. The molecule has 1 aromatic carbocycles. The number of hydrogen-bond donors (Lipinski definition) is 0. The van der Waals surface area contributed by atoms with Gasteiger partial charge in [-0.2, -0.15) is 0 Å². The summed E-state index contributed by atoms with van der Waals surface area (Å²) in [5.41, 5.74) is 0.831. The highest BCUT2D eigenvalue weighted by Gasteiger charge is 2.42. The lowest BCUT2D eigenvalue weighted by atomic mass is 10.1. The maximum absolute atomic E-state index is 11.0. The maximum Gasteiger partial charge on any atom is 0.279 e. The van der Waals surface area contributed by atoms with Gasteiger partial charge in [0.15, 0.2) is 0 Å². The Morgan fingerprint density at radius 1 is 1.40 bits per heavy atom. The summed E-state index contributed by atoms with van der Waals surface area (Å²) in [7, 11) is 0. The van der Waals surface area contributed by atoms with E-state index in [4.69, 9.17) is 4.74 Å². The average molecular weight is 337 g/mol. The summed E-state index contributed by atoms with van der Waals surface area (Å²) in [6.45, 7) is 0.613. The number of benzene rings is 1. The molecule has 1 saturated carbocycles. The van der Waals surface area contributed by atoms with Crippen molar-refractivity contribution in [3.63, 3.8) is 0 Å². The lowest BCUT2D eigenvalue weighted by Gasteiger charge is -2.14. The fourth-order valence-corrected chi connectivity index (χ4v) is 2.85. The van der Waals surface area contributed by atoms with E-state index in [0.29, 0.717) is 23.3 Å². The molecule has 2 aromatic rings. The van der Waals surface area contributed by atoms with Gasteiger partial charge in [0.05, 0.1) is 16.9 Å². The van der Waals surface area contributed by atoms with Gasteiger partial charge >= 0.3 is 0 Å². The first-order chi connectivity index (χ1) is 9.65. The summed E-state index contributed by atoms with van der Waals surface area (Å²) in [4.78, 5) is 14.9. The minimum atomic E-state index is -0.394. The van der Waals surface area contributed by atoms with Crippen LogP contribution in [-0.2, 0) is 0 Å². The van der Waals surface area contributed by atoms with Crippen molar-refractivity contribution >= 4 is 32.5 Å². The number of ether oxygens (including phenoxy) is 1. The standard InChI is InChI=1S/C14H13BrN2O3/c15-8-14(5-6-14)9-20-12-4-3-11(17(18)19)10-2-1-7-16-13(10)12/h1-4,7H,5-6,8-9H2. The number of non-ortho nitro benzene ring substituents is 1. The lowest BCUT2D eigenvalue weighted by molar-refractivity contribution is -0.383. The van der Waals surface area contributed by atoms with Crippen molar-refractivity contribution < 1.29 is 9.66 Å². The molecule has 0 unspecified atom stereocenters. The van der Waals surface area contributed by atoms with Crippen LogP contribution in [0.4, 0.5) is 5.69 Å².